The number of amides is 1. The molecule has 1 fully saturated rings. The Morgan fingerprint density at radius 2 is 1.71 bits per heavy atom. The molecule has 0 unspecified atom stereocenters. The van der Waals surface area contributed by atoms with Crippen molar-refractivity contribution < 1.29 is 19.2 Å². The van der Waals surface area contributed by atoms with Crippen LogP contribution in [0, 0.1) is 10.1 Å². The zero-order valence-electron chi connectivity index (χ0n) is 18.6. The molecule has 11 heteroatoms. The Morgan fingerprint density at radius 3 is 2.35 bits per heavy atom. The van der Waals surface area contributed by atoms with Crippen LogP contribution in [0.3, 0.4) is 0 Å². The Hall–Kier alpha value is -4.41. The molecule has 4 rings (SSSR count). The van der Waals surface area contributed by atoms with E-state index in [9.17, 15) is 14.9 Å². The highest BCUT2D eigenvalue weighted by Gasteiger charge is 2.30. The highest BCUT2D eigenvalue weighted by molar-refractivity contribution is 5.75. The maximum atomic E-state index is 11.9. The maximum absolute atomic E-state index is 11.9. The second-order valence-electron chi connectivity index (χ2n) is 7.39. The predicted octanol–water partition coefficient (Wildman–Crippen LogP) is 4.20. The number of aromatic nitrogens is 2. The lowest BCUT2D eigenvalue weighted by molar-refractivity contribution is -0.383. The van der Waals surface area contributed by atoms with E-state index in [-0.39, 0.29) is 23.4 Å². The van der Waals surface area contributed by atoms with Gasteiger partial charge in [0, 0.05) is 31.9 Å². The van der Waals surface area contributed by atoms with Gasteiger partial charge in [-0.05, 0) is 43.3 Å². The first-order valence-electron chi connectivity index (χ1n) is 10.8. The van der Waals surface area contributed by atoms with Crippen LogP contribution in [0.25, 0.3) is 0 Å². The minimum atomic E-state index is -0.498. The van der Waals surface area contributed by atoms with Crippen LogP contribution in [0.2, 0.25) is 0 Å². The van der Waals surface area contributed by atoms with Crippen molar-refractivity contribution in [1.29, 1.82) is 0 Å². The summed E-state index contributed by atoms with van der Waals surface area (Å²) in [7, 11) is 0. The van der Waals surface area contributed by atoms with E-state index >= 15 is 0 Å². The average molecular weight is 464 g/mol. The van der Waals surface area contributed by atoms with E-state index in [1.165, 1.54) is 6.33 Å². The van der Waals surface area contributed by atoms with Crippen LogP contribution in [0.1, 0.15) is 6.92 Å². The summed E-state index contributed by atoms with van der Waals surface area (Å²) in [6, 6.07) is 16.4. The lowest BCUT2D eigenvalue weighted by Gasteiger charge is -2.34. The van der Waals surface area contributed by atoms with Gasteiger partial charge in [0.15, 0.2) is 0 Å². The highest BCUT2D eigenvalue weighted by Crippen LogP contribution is 2.34. The van der Waals surface area contributed by atoms with Gasteiger partial charge in [-0.1, -0.05) is 18.2 Å². The molecule has 0 radical (unpaired) electrons. The number of carbonyl (C=O) groups is 1. The summed E-state index contributed by atoms with van der Waals surface area (Å²) in [5.41, 5.74) is 0.386. The topological polar surface area (TPSA) is 123 Å². The first-order chi connectivity index (χ1) is 16.5. The number of hydrogen-bond donors (Lipinski definition) is 1. The van der Waals surface area contributed by atoms with Crippen LogP contribution < -0.4 is 15.0 Å². The smallest absolute Gasteiger partial charge is 0.409 e. The molecule has 1 aliphatic rings. The molecule has 0 spiro atoms. The summed E-state index contributed by atoms with van der Waals surface area (Å²) in [6.45, 7) is 3.59. The summed E-state index contributed by atoms with van der Waals surface area (Å²) >= 11 is 0. The van der Waals surface area contributed by atoms with Gasteiger partial charge in [0.25, 0.3) is 0 Å². The molecule has 0 saturated carbocycles. The molecule has 1 N–H and O–H groups in total. The molecule has 2 heterocycles. The summed E-state index contributed by atoms with van der Waals surface area (Å²) in [5.74, 6) is 1.63. The Bertz CT molecular complexity index is 1130. The second-order valence-corrected chi connectivity index (χ2v) is 7.39. The fourth-order valence-corrected chi connectivity index (χ4v) is 3.54. The van der Waals surface area contributed by atoms with Gasteiger partial charge in [0.1, 0.15) is 17.8 Å². The van der Waals surface area contributed by atoms with E-state index in [2.05, 4.69) is 15.3 Å². The van der Waals surface area contributed by atoms with E-state index in [0.717, 1.165) is 0 Å². The van der Waals surface area contributed by atoms with Gasteiger partial charge in [-0.2, -0.15) is 0 Å². The Labute approximate surface area is 196 Å². The molecule has 0 aliphatic carbocycles. The number of piperazine rings is 1. The Balaban J connectivity index is 1.48. The number of nitrogens with one attached hydrogen (secondary N) is 1. The van der Waals surface area contributed by atoms with Crippen molar-refractivity contribution in [1.82, 2.24) is 14.9 Å². The van der Waals surface area contributed by atoms with Crippen LogP contribution in [0.4, 0.5) is 27.8 Å². The number of anilines is 3. The lowest BCUT2D eigenvalue weighted by Crippen LogP contribution is -2.49. The molecule has 1 amide bonds. The number of para-hydroxylation sites is 1. The molecule has 2 aromatic carbocycles. The van der Waals surface area contributed by atoms with Crippen molar-refractivity contribution in [2.45, 2.75) is 6.92 Å². The zero-order chi connectivity index (χ0) is 23.9. The van der Waals surface area contributed by atoms with Crippen LogP contribution in [-0.2, 0) is 4.74 Å². The van der Waals surface area contributed by atoms with Gasteiger partial charge in [0.2, 0.25) is 11.6 Å². The van der Waals surface area contributed by atoms with Crippen LogP contribution in [0.15, 0.2) is 60.9 Å². The monoisotopic (exact) mass is 464 g/mol. The quantitative estimate of drug-likeness (QED) is 0.405. The third-order valence-corrected chi connectivity index (χ3v) is 5.19. The molecule has 34 heavy (non-hydrogen) atoms. The van der Waals surface area contributed by atoms with Crippen molar-refractivity contribution >= 4 is 29.1 Å². The Kier molecular flexibility index (Phi) is 7.01. The maximum Gasteiger partial charge on any atom is 0.409 e. The highest BCUT2D eigenvalue weighted by atomic mass is 16.6. The molecule has 3 aromatic rings. The van der Waals surface area contributed by atoms with Crippen molar-refractivity contribution in [3.8, 4) is 11.5 Å². The van der Waals surface area contributed by atoms with Gasteiger partial charge >= 0.3 is 11.8 Å². The molecule has 1 saturated heterocycles. The van der Waals surface area contributed by atoms with Crippen molar-refractivity contribution in [3.05, 3.63) is 71.0 Å². The molecule has 0 bridgehead atoms. The van der Waals surface area contributed by atoms with Gasteiger partial charge in [-0.15, -0.1) is 0 Å². The van der Waals surface area contributed by atoms with E-state index in [1.807, 2.05) is 30.3 Å². The molecule has 1 aromatic heterocycles. The van der Waals surface area contributed by atoms with Crippen molar-refractivity contribution in [2.75, 3.05) is 43.0 Å². The zero-order valence-corrected chi connectivity index (χ0v) is 18.6. The fourth-order valence-electron chi connectivity index (χ4n) is 3.54. The lowest BCUT2D eigenvalue weighted by atomic mass is 10.2. The van der Waals surface area contributed by atoms with Gasteiger partial charge in [-0.3, -0.25) is 10.1 Å². The van der Waals surface area contributed by atoms with Crippen LogP contribution in [-0.4, -0.2) is 58.7 Å². The third-order valence-electron chi connectivity index (χ3n) is 5.19. The van der Waals surface area contributed by atoms with Crippen molar-refractivity contribution in [3.63, 3.8) is 0 Å². The van der Waals surface area contributed by atoms with Crippen LogP contribution in [0.5, 0.6) is 11.5 Å². The predicted molar refractivity (Wildman–Crippen MR) is 126 cm³/mol. The molecular formula is C23H24N6O5. The molecule has 0 atom stereocenters. The number of nitro groups is 1. The first kappa shape index (κ1) is 22.8. The number of hydrogen-bond acceptors (Lipinski definition) is 9. The molecule has 1 aliphatic heterocycles. The summed E-state index contributed by atoms with van der Waals surface area (Å²) in [6.07, 6.45) is 0.899. The molecule has 176 valence electrons. The number of rotatable bonds is 7. The number of benzene rings is 2. The number of nitrogens with zero attached hydrogens (tertiary/aromatic N) is 5. The fraction of sp³-hybridized carbons (Fsp3) is 0.261. The van der Waals surface area contributed by atoms with E-state index < -0.39 is 4.92 Å². The van der Waals surface area contributed by atoms with Crippen LogP contribution >= 0.6 is 0 Å². The number of carbonyl (C=O) groups excluding carboxylic acids is 1. The van der Waals surface area contributed by atoms with E-state index in [0.29, 0.717) is 50.0 Å². The largest absolute Gasteiger partial charge is 0.457 e. The first-order valence-corrected chi connectivity index (χ1v) is 10.8. The van der Waals surface area contributed by atoms with Crippen molar-refractivity contribution in [2.24, 2.45) is 0 Å². The average Bonchev–Trinajstić information content (AvgIpc) is 2.86. The Morgan fingerprint density at radius 1 is 1.03 bits per heavy atom. The summed E-state index contributed by atoms with van der Waals surface area (Å²) in [4.78, 5) is 35.0. The molecule has 11 nitrogen and oxygen atoms in total. The van der Waals surface area contributed by atoms with Gasteiger partial charge in [-0.25, -0.2) is 14.8 Å². The minimum absolute atomic E-state index is 0.0829. The van der Waals surface area contributed by atoms with Gasteiger partial charge < -0.3 is 24.6 Å². The normalized spacial score (nSPS) is 13.3. The molecular weight excluding hydrogens is 440 g/mol. The SMILES string of the molecule is CCOC(=O)N1CCN(c2ncnc(Nc3ccc(Oc4ccccc4)cc3)c2[N+](=O)[O-])CC1. The van der Waals surface area contributed by atoms with E-state index in [4.69, 9.17) is 9.47 Å². The summed E-state index contributed by atoms with van der Waals surface area (Å²) in [5, 5.41) is 15.0. The summed E-state index contributed by atoms with van der Waals surface area (Å²) < 4.78 is 10.8. The third kappa shape index (κ3) is 5.31. The van der Waals surface area contributed by atoms with Gasteiger partial charge in [0.05, 0.1) is 11.5 Å². The second kappa shape index (κ2) is 10.5. The van der Waals surface area contributed by atoms with E-state index in [1.54, 1.807) is 41.0 Å². The minimum Gasteiger partial charge on any atom is -0.457 e. The number of ether oxygens (including phenoxy) is 2. The standard InChI is InChI=1S/C23H24N6O5/c1-2-33-23(30)28-14-12-27(13-15-28)22-20(29(31)32)21(24-16-25-22)26-17-8-10-19(11-9-17)34-18-6-4-3-5-7-18/h3-11,16H,2,12-15H2,1H3,(H,24,25,26).